The Kier molecular flexibility index (Phi) is 6.24. The highest BCUT2D eigenvalue weighted by Gasteiger charge is 1.99. The van der Waals surface area contributed by atoms with E-state index in [4.69, 9.17) is 12.2 Å². The van der Waals surface area contributed by atoms with Gasteiger partial charge in [0.15, 0.2) is 5.11 Å². The molecule has 0 aliphatic rings. The SMILES string of the molecule is CC(=O)Nc1ccc(NC(=S)NCCN(C)C)cc1. The first-order chi connectivity index (χ1) is 8.97. The van der Waals surface area contributed by atoms with Crippen molar-refractivity contribution in [2.75, 3.05) is 37.8 Å². The standard InChI is InChI=1S/C13H20N4OS/c1-10(18)15-11-4-6-12(7-5-11)16-13(19)14-8-9-17(2)3/h4-7H,8-9H2,1-3H3,(H,15,18)(H2,14,16,19). The van der Waals surface area contributed by atoms with Crippen molar-refractivity contribution < 1.29 is 4.79 Å². The Labute approximate surface area is 119 Å². The molecule has 0 saturated carbocycles. The van der Waals surface area contributed by atoms with Crippen LogP contribution in [0.3, 0.4) is 0 Å². The van der Waals surface area contributed by atoms with Crippen LogP contribution in [0, 0.1) is 0 Å². The summed E-state index contributed by atoms with van der Waals surface area (Å²) in [6, 6.07) is 7.38. The molecule has 1 aromatic rings. The Morgan fingerprint density at radius 2 is 1.68 bits per heavy atom. The molecule has 0 spiro atoms. The van der Waals surface area contributed by atoms with Crippen LogP contribution < -0.4 is 16.0 Å². The maximum Gasteiger partial charge on any atom is 0.221 e. The molecule has 0 radical (unpaired) electrons. The average molecular weight is 280 g/mol. The molecule has 0 atom stereocenters. The van der Waals surface area contributed by atoms with Gasteiger partial charge in [-0.3, -0.25) is 4.79 Å². The van der Waals surface area contributed by atoms with Crippen molar-refractivity contribution >= 4 is 34.6 Å². The average Bonchev–Trinajstić information content (AvgIpc) is 2.30. The Morgan fingerprint density at radius 1 is 1.16 bits per heavy atom. The second-order valence-electron chi connectivity index (χ2n) is 4.44. The minimum absolute atomic E-state index is 0.0819. The normalized spacial score (nSPS) is 10.1. The van der Waals surface area contributed by atoms with Crippen LogP contribution in [-0.4, -0.2) is 43.1 Å². The fourth-order valence-corrected chi connectivity index (χ4v) is 1.63. The molecule has 1 rings (SSSR count). The van der Waals surface area contributed by atoms with E-state index in [2.05, 4.69) is 20.9 Å². The number of thiocarbonyl (C=S) groups is 1. The number of nitrogens with one attached hydrogen (secondary N) is 3. The van der Waals surface area contributed by atoms with Crippen LogP contribution in [0.25, 0.3) is 0 Å². The Bertz CT molecular complexity index is 431. The summed E-state index contributed by atoms with van der Waals surface area (Å²) >= 11 is 5.18. The molecule has 5 nitrogen and oxygen atoms in total. The summed E-state index contributed by atoms with van der Waals surface area (Å²) in [5, 5.41) is 9.51. The van der Waals surface area contributed by atoms with Crippen LogP contribution >= 0.6 is 12.2 Å². The quantitative estimate of drug-likeness (QED) is 0.714. The van der Waals surface area contributed by atoms with Gasteiger partial charge in [0, 0.05) is 31.4 Å². The molecule has 0 unspecified atom stereocenters. The molecule has 0 saturated heterocycles. The molecule has 0 aliphatic carbocycles. The molecule has 1 amide bonds. The van der Waals surface area contributed by atoms with Gasteiger partial charge < -0.3 is 20.9 Å². The maximum absolute atomic E-state index is 10.9. The summed E-state index contributed by atoms with van der Waals surface area (Å²) in [6.07, 6.45) is 0. The maximum atomic E-state index is 10.9. The van der Waals surface area contributed by atoms with E-state index in [1.165, 1.54) is 6.92 Å². The zero-order valence-corrected chi connectivity index (χ0v) is 12.3. The summed E-state index contributed by atoms with van der Waals surface area (Å²) in [4.78, 5) is 13.0. The number of likely N-dealkylation sites (N-methyl/N-ethyl adjacent to an activating group) is 1. The molecule has 3 N–H and O–H groups in total. The molecule has 0 heterocycles. The number of carbonyl (C=O) groups excluding carboxylic acids is 1. The molecular weight excluding hydrogens is 260 g/mol. The summed E-state index contributed by atoms with van der Waals surface area (Å²) in [5.41, 5.74) is 1.65. The molecule has 0 bridgehead atoms. The first kappa shape index (κ1) is 15.4. The monoisotopic (exact) mass is 280 g/mol. The van der Waals surface area contributed by atoms with Crippen molar-refractivity contribution in [3.63, 3.8) is 0 Å². The highest BCUT2D eigenvalue weighted by Crippen LogP contribution is 2.13. The lowest BCUT2D eigenvalue weighted by Gasteiger charge is -2.13. The lowest BCUT2D eigenvalue weighted by Crippen LogP contribution is -2.34. The largest absolute Gasteiger partial charge is 0.361 e. The van der Waals surface area contributed by atoms with Crippen LogP contribution in [0.15, 0.2) is 24.3 Å². The zero-order valence-electron chi connectivity index (χ0n) is 11.5. The van der Waals surface area contributed by atoms with E-state index in [9.17, 15) is 4.79 Å². The van der Waals surface area contributed by atoms with Crippen molar-refractivity contribution in [2.24, 2.45) is 0 Å². The Balaban J connectivity index is 2.40. The Morgan fingerprint density at radius 3 is 2.16 bits per heavy atom. The molecule has 19 heavy (non-hydrogen) atoms. The van der Waals surface area contributed by atoms with Crippen LogP contribution in [0.2, 0.25) is 0 Å². The lowest BCUT2D eigenvalue weighted by atomic mass is 10.3. The van der Waals surface area contributed by atoms with Crippen LogP contribution in [0.1, 0.15) is 6.92 Å². The van der Waals surface area contributed by atoms with Gasteiger partial charge in [0.25, 0.3) is 0 Å². The summed E-state index contributed by atoms with van der Waals surface area (Å²) < 4.78 is 0. The van der Waals surface area contributed by atoms with Gasteiger partial charge in [-0.15, -0.1) is 0 Å². The number of anilines is 2. The van der Waals surface area contributed by atoms with E-state index >= 15 is 0 Å². The number of hydrogen-bond donors (Lipinski definition) is 3. The minimum atomic E-state index is -0.0819. The van der Waals surface area contributed by atoms with Gasteiger partial charge in [-0.1, -0.05) is 0 Å². The van der Waals surface area contributed by atoms with Gasteiger partial charge in [-0.2, -0.15) is 0 Å². The smallest absolute Gasteiger partial charge is 0.221 e. The van der Waals surface area contributed by atoms with Gasteiger partial charge >= 0.3 is 0 Å². The predicted octanol–water partition coefficient (Wildman–Crippen LogP) is 1.49. The van der Waals surface area contributed by atoms with Gasteiger partial charge in [-0.05, 0) is 50.6 Å². The first-order valence-corrected chi connectivity index (χ1v) is 6.45. The fraction of sp³-hybridized carbons (Fsp3) is 0.385. The van der Waals surface area contributed by atoms with E-state index < -0.39 is 0 Å². The summed E-state index contributed by atoms with van der Waals surface area (Å²) in [5.74, 6) is -0.0819. The van der Waals surface area contributed by atoms with Gasteiger partial charge in [-0.25, -0.2) is 0 Å². The number of carbonyl (C=O) groups is 1. The highest BCUT2D eigenvalue weighted by atomic mass is 32.1. The van der Waals surface area contributed by atoms with Crippen molar-refractivity contribution in [1.29, 1.82) is 0 Å². The van der Waals surface area contributed by atoms with Gasteiger partial charge in [0.2, 0.25) is 5.91 Å². The van der Waals surface area contributed by atoms with E-state index in [0.717, 1.165) is 24.5 Å². The molecule has 104 valence electrons. The third-order valence-corrected chi connectivity index (χ3v) is 2.55. The molecule has 6 heteroatoms. The molecule has 1 aromatic carbocycles. The Hall–Kier alpha value is -1.66. The van der Waals surface area contributed by atoms with Crippen molar-refractivity contribution in [3.05, 3.63) is 24.3 Å². The van der Waals surface area contributed by atoms with E-state index in [1.54, 1.807) is 0 Å². The number of amides is 1. The molecular formula is C13H20N4OS. The molecule has 0 aromatic heterocycles. The van der Waals surface area contributed by atoms with E-state index in [-0.39, 0.29) is 5.91 Å². The second kappa shape index (κ2) is 7.70. The summed E-state index contributed by atoms with van der Waals surface area (Å²) in [7, 11) is 4.03. The molecule has 0 fully saturated rings. The second-order valence-corrected chi connectivity index (χ2v) is 4.85. The van der Waals surface area contributed by atoms with Crippen LogP contribution in [0.4, 0.5) is 11.4 Å². The first-order valence-electron chi connectivity index (χ1n) is 6.04. The zero-order chi connectivity index (χ0) is 14.3. The van der Waals surface area contributed by atoms with Crippen molar-refractivity contribution in [2.45, 2.75) is 6.92 Å². The van der Waals surface area contributed by atoms with Crippen molar-refractivity contribution in [1.82, 2.24) is 10.2 Å². The summed E-state index contributed by atoms with van der Waals surface area (Å²) in [6.45, 7) is 3.20. The number of benzene rings is 1. The molecule has 0 aliphatic heterocycles. The van der Waals surface area contributed by atoms with Crippen molar-refractivity contribution in [3.8, 4) is 0 Å². The topological polar surface area (TPSA) is 56.4 Å². The van der Waals surface area contributed by atoms with Crippen LogP contribution in [0.5, 0.6) is 0 Å². The van der Waals surface area contributed by atoms with E-state index in [0.29, 0.717) is 5.11 Å². The highest BCUT2D eigenvalue weighted by molar-refractivity contribution is 7.80. The lowest BCUT2D eigenvalue weighted by molar-refractivity contribution is -0.114. The number of rotatable bonds is 5. The third kappa shape index (κ3) is 6.73. The van der Waals surface area contributed by atoms with Crippen LogP contribution in [-0.2, 0) is 4.79 Å². The third-order valence-electron chi connectivity index (χ3n) is 2.31. The van der Waals surface area contributed by atoms with Gasteiger partial charge in [0.1, 0.15) is 0 Å². The number of nitrogens with zero attached hydrogens (tertiary/aromatic N) is 1. The minimum Gasteiger partial charge on any atom is -0.361 e. The van der Waals surface area contributed by atoms with E-state index in [1.807, 2.05) is 38.4 Å². The predicted molar refractivity (Wildman–Crippen MR) is 83.5 cm³/mol. The number of hydrogen-bond acceptors (Lipinski definition) is 3. The fourth-order valence-electron chi connectivity index (χ4n) is 1.41. The van der Waals surface area contributed by atoms with Gasteiger partial charge in [0.05, 0.1) is 0 Å².